The number of carbonyl (C=O) groups is 1. The van der Waals surface area contributed by atoms with Gasteiger partial charge in [-0.2, -0.15) is 0 Å². The van der Waals surface area contributed by atoms with Crippen LogP contribution in [-0.2, 0) is 4.79 Å². The van der Waals surface area contributed by atoms with E-state index < -0.39 is 0 Å². The van der Waals surface area contributed by atoms with Gasteiger partial charge in [0, 0.05) is 17.8 Å². The first-order valence-corrected chi connectivity index (χ1v) is 8.71. The number of hydrogen-bond acceptors (Lipinski definition) is 5. The van der Waals surface area contributed by atoms with Gasteiger partial charge in [-0.25, -0.2) is 0 Å². The second kappa shape index (κ2) is 10.2. The highest BCUT2D eigenvalue weighted by Gasteiger charge is 2.05. The van der Waals surface area contributed by atoms with Crippen LogP contribution in [0.1, 0.15) is 12.5 Å². The molecule has 0 saturated heterocycles. The highest BCUT2D eigenvalue weighted by atomic mass is 32.1. The molecule has 2 aromatic carbocycles. The maximum atomic E-state index is 12.1. The smallest absolute Gasteiger partial charge is 0.250 e. The molecule has 0 aliphatic carbocycles. The van der Waals surface area contributed by atoms with E-state index in [1.165, 1.54) is 6.08 Å². The average molecular weight is 386 g/mol. The first-order valence-electron chi connectivity index (χ1n) is 8.30. The van der Waals surface area contributed by atoms with Crippen molar-refractivity contribution in [3.8, 4) is 17.2 Å². The summed E-state index contributed by atoms with van der Waals surface area (Å²) in [6.45, 7) is 2.49. The predicted molar refractivity (Wildman–Crippen MR) is 111 cm³/mol. The van der Waals surface area contributed by atoms with Crippen LogP contribution in [0.5, 0.6) is 17.2 Å². The molecule has 0 heterocycles. The van der Waals surface area contributed by atoms with Crippen LogP contribution in [0, 0.1) is 0 Å². The molecule has 0 saturated carbocycles. The van der Waals surface area contributed by atoms with Crippen LogP contribution in [0.15, 0.2) is 48.5 Å². The second-order valence-corrected chi connectivity index (χ2v) is 5.76. The summed E-state index contributed by atoms with van der Waals surface area (Å²) in [4.78, 5) is 12.1. The van der Waals surface area contributed by atoms with E-state index >= 15 is 0 Å². The monoisotopic (exact) mass is 386 g/mol. The van der Waals surface area contributed by atoms with E-state index in [-0.39, 0.29) is 11.0 Å². The lowest BCUT2D eigenvalue weighted by atomic mass is 10.2. The SMILES string of the molecule is CCOc1cccc(NC(=S)NC(=O)/C=C/c2ccc(OC)c(OC)c2)c1. The van der Waals surface area contributed by atoms with Crippen molar-refractivity contribution >= 4 is 35.0 Å². The van der Waals surface area contributed by atoms with Gasteiger partial charge >= 0.3 is 0 Å². The average Bonchev–Trinajstić information content (AvgIpc) is 2.66. The molecular formula is C20H22N2O4S. The third-order valence-electron chi connectivity index (χ3n) is 3.47. The van der Waals surface area contributed by atoms with Crippen LogP contribution in [0.25, 0.3) is 6.08 Å². The van der Waals surface area contributed by atoms with Crippen LogP contribution < -0.4 is 24.8 Å². The van der Waals surface area contributed by atoms with Crippen molar-refractivity contribution in [1.29, 1.82) is 0 Å². The van der Waals surface area contributed by atoms with Crippen LogP contribution in [0.3, 0.4) is 0 Å². The Morgan fingerprint density at radius 3 is 2.59 bits per heavy atom. The van der Waals surface area contributed by atoms with E-state index in [1.54, 1.807) is 38.5 Å². The molecule has 0 aliphatic rings. The quantitative estimate of drug-likeness (QED) is 0.559. The Morgan fingerprint density at radius 1 is 1.11 bits per heavy atom. The number of benzene rings is 2. The predicted octanol–water partition coefficient (Wildman–Crippen LogP) is 3.63. The van der Waals surface area contributed by atoms with Crippen molar-refractivity contribution in [2.24, 2.45) is 0 Å². The summed E-state index contributed by atoms with van der Waals surface area (Å²) in [5.41, 5.74) is 1.53. The van der Waals surface area contributed by atoms with E-state index in [9.17, 15) is 4.79 Å². The normalized spacial score (nSPS) is 10.3. The fourth-order valence-corrected chi connectivity index (χ4v) is 2.49. The summed E-state index contributed by atoms with van der Waals surface area (Å²) in [6.07, 6.45) is 3.06. The lowest BCUT2D eigenvalue weighted by Gasteiger charge is -2.10. The summed E-state index contributed by atoms with van der Waals surface area (Å²) in [7, 11) is 3.13. The summed E-state index contributed by atoms with van der Waals surface area (Å²) < 4.78 is 15.9. The number of thiocarbonyl (C=S) groups is 1. The van der Waals surface area contributed by atoms with Gasteiger partial charge in [0.15, 0.2) is 16.6 Å². The fourth-order valence-electron chi connectivity index (χ4n) is 2.27. The second-order valence-electron chi connectivity index (χ2n) is 5.35. The van der Waals surface area contributed by atoms with E-state index in [1.807, 2.05) is 31.2 Å². The number of nitrogens with one attached hydrogen (secondary N) is 2. The maximum Gasteiger partial charge on any atom is 0.250 e. The topological polar surface area (TPSA) is 68.8 Å². The Kier molecular flexibility index (Phi) is 7.63. The van der Waals surface area contributed by atoms with Gasteiger partial charge in [0.05, 0.1) is 20.8 Å². The first-order chi connectivity index (χ1) is 13.0. The van der Waals surface area contributed by atoms with E-state index in [4.69, 9.17) is 26.4 Å². The summed E-state index contributed by atoms with van der Waals surface area (Å²) in [6, 6.07) is 12.7. The third kappa shape index (κ3) is 6.31. The van der Waals surface area contributed by atoms with Gasteiger partial charge in [0.2, 0.25) is 5.91 Å². The molecule has 0 spiro atoms. The first kappa shape index (κ1) is 20.3. The largest absolute Gasteiger partial charge is 0.494 e. The third-order valence-corrected chi connectivity index (χ3v) is 3.68. The number of anilines is 1. The molecule has 27 heavy (non-hydrogen) atoms. The highest BCUT2D eigenvalue weighted by Crippen LogP contribution is 2.27. The van der Waals surface area contributed by atoms with Crippen LogP contribution in [-0.4, -0.2) is 31.8 Å². The molecule has 0 aromatic heterocycles. The molecule has 6 nitrogen and oxygen atoms in total. The van der Waals surface area contributed by atoms with Crippen LogP contribution in [0.2, 0.25) is 0 Å². The molecule has 2 N–H and O–H groups in total. The Hall–Kier alpha value is -3.06. The van der Waals surface area contributed by atoms with E-state index in [0.717, 1.165) is 17.0 Å². The van der Waals surface area contributed by atoms with Gasteiger partial charge in [-0.15, -0.1) is 0 Å². The van der Waals surface area contributed by atoms with Crippen molar-refractivity contribution < 1.29 is 19.0 Å². The Bertz CT molecular complexity index is 836. The molecule has 2 rings (SSSR count). The number of carbonyl (C=O) groups excluding carboxylic acids is 1. The van der Waals surface area contributed by atoms with Gasteiger partial charge in [0.1, 0.15) is 5.75 Å². The Morgan fingerprint density at radius 2 is 1.89 bits per heavy atom. The Balaban J connectivity index is 1.94. The van der Waals surface area contributed by atoms with E-state index in [0.29, 0.717) is 18.1 Å². The molecule has 0 unspecified atom stereocenters. The summed E-state index contributed by atoms with van der Waals surface area (Å²) in [5, 5.41) is 5.75. The van der Waals surface area contributed by atoms with Gasteiger partial charge in [-0.1, -0.05) is 12.1 Å². The zero-order chi connectivity index (χ0) is 19.6. The molecule has 0 bridgehead atoms. The standard InChI is InChI=1S/C20H22N2O4S/c1-4-26-16-7-5-6-15(13-16)21-20(27)22-19(23)11-9-14-8-10-17(24-2)18(12-14)25-3/h5-13H,4H2,1-3H3,(H2,21,22,23,27)/b11-9+. The van der Waals surface area contributed by atoms with E-state index in [2.05, 4.69) is 10.6 Å². The highest BCUT2D eigenvalue weighted by molar-refractivity contribution is 7.80. The molecule has 7 heteroatoms. The van der Waals surface area contributed by atoms with Crippen molar-refractivity contribution in [2.75, 3.05) is 26.1 Å². The van der Waals surface area contributed by atoms with Crippen molar-refractivity contribution in [3.63, 3.8) is 0 Å². The lowest BCUT2D eigenvalue weighted by molar-refractivity contribution is -0.115. The number of ether oxygens (including phenoxy) is 3. The number of amides is 1. The molecular weight excluding hydrogens is 364 g/mol. The number of methoxy groups -OCH3 is 2. The van der Waals surface area contributed by atoms with Crippen LogP contribution >= 0.6 is 12.2 Å². The number of hydrogen-bond donors (Lipinski definition) is 2. The molecule has 142 valence electrons. The zero-order valence-electron chi connectivity index (χ0n) is 15.4. The molecule has 0 aliphatic heterocycles. The van der Waals surface area contributed by atoms with Crippen molar-refractivity contribution in [1.82, 2.24) is 5.32 Å². The molecule has 1 amide bonds. The van der Waals surface area contributed by atoms with Gasteiger partial charge in [-0.3, -0.25) is 10.1 Å². The minimum Gasteiger partial charge on any atom is -0.494 e. The molecule has 0 radical (unpaired) electrons. The maximum absolute atomic E-state index is 12.1. The minimum atomic E-state index is -0.344. The minimum absolute atomic E-state index is 0.200. The van der Waals surface area contributed by atoms with Gasteiger partial charge in [0.25, 0.3) is 0 Å². The van der Waals surface area contributed by atoms with Gasteiger partial charge in [-0.05, 0) is 55.0 Å². The molecule has 2 aromatic rings. The fraction of sp³-hybridized carbons (Fsp3) is 0.200. The van der Waals surface area contributed by atoms with Gasteiger partial charge < -0.3 is 19.5 Å². The zero-order valence-corrected chi connectivity index (χ0v) is 16.3. The molecule has 0 atom stereocenters. The lowest BCUT2D eigenvalue weighted by Crippen LogP contribution is -2.32. The summed E-state index contributed by atoms with van der Waals surface area (Å²) in [5.74, 6) is 1.60. The van der Waals surface area contributed by atoms with Crippen molar-refractivity contribution in [3.05, 3.63) is 54.1 Å². The summed E-state index contributed by atoms with van der Waals surface area (Å²) >= 11 is 5.17. The van der Waals surface area contributed by atoms with Crippen LogP contribution in [0.4, 0.5) is 5.69 Å². The van der Waals surface area contributed by atoms with Crippen molar-refractivity contribution in [2.45, 2.75) is 6.92 Å². The number of rotatable bonds is 7. The Labute approximate surface area is 164 Å². The molecule has 0 fully saturated rings.